The van der Waals surface area contributed by atoms with Crippen molar-refractivity contribution in [1.29, 1.82) is 0 Å². The predicted molar refractivity (Wildman–Crippen MR) is 72.8 cm³/mol. The smallest absolute Gasteiger partial charge is 0.0597 e. The van der Waals surface area contributed by atoms with Gasteiger partial charge in [0.25, 0.3) is 0 Å². The van der Waals surface area contributed by atoms with Crippen molar-refractivity contribution in [3.05, 3.63) is 65.7 Å². The molecular weight excluding hydrogens is 208 g/mol. The maximum absolute atomic E-state index is 6.05. The highest BCUT2D eigenvalue weighted by atomic mass is 14.9. The lowest BCUT2D eigenvalue weighted by atomic mass is 9.97. The van der Waals surface area contributed by atoms with Gasteiger partial charge in [-0.25, -0.2) is 0 Å². The van der Waals surface area contributed by atoms with E-state index in [1.165, 1.54) is 5.56 Å². The van der Waals surface area contributed by atoms with Crippen LogP contribution in [0.5, 0.6) is 0 Å². The van der Waals surface area contributed by atoms with Crippen LogP contribution >= 0.6 is 0 Å². The molecular formula is C15H18N2. The van der Waals surface area contributed by atoms with Crippen LogP contribution in [0.1, 0.15) is 24.1 Å². The van der Waals surface area contributed by atoms with Crippen LogP contribution in [0.3, 0.4) is 0 Å². The molecule has 1 unspecified atom stereocenters. The van der Waals surface area contributed by atoms with Crippen LogP contribution in [0, 0.1) is 0 Å². The highest BCUT2D eigenvalue weighted by molar-refractivity contribution is 5.51. The number of anilines is 1. The van der Waals surface area contributed by atoms with E-state index >= 15 is 0 Å². The standard InChI is InChI=1S/C15H18N2/c1-2-17-15(12-8-4-3-5-9-12)13-10-6-7-11-14(13)16/h3-11,15,17H,2,16H2,1H3. The van der Waals surface area contributed by atoms with Crippen LogP contribution in [0.4, 0.5) is 5.69 Å². The third-order valence-electron chi connectivity index (χ3n) is 2.85. The summed E-state index contributed by atoms with van der Waals surface area (Å²) in [6.07, 6.45) is 0. The Balaban J connectivity index is 2.39. The molecule has 0 aliphatic carbocycles. The monoisotopic (exact) mass is 226 g/mol. The number of nitrogens with one attached hydrogen (secondary N) is 1. The second-order valence-electron chi connectivity index (χ2n) is 4.03. The van der Waals surface area contributed by atoms with Gasteiger partial charge in [0.05, 0.1) is 6.04 Å². The summed E-state index contributed by atoms with van der Waals surface area (Å²) in [4.78, 5) is 0. The van der Waals surface area contributed by atoms with Crippen LogP contribution in [0.15, 0.2) is 54.6 Å². The molecule has 2 heteroatoms. The van der Waals surface area contributed by atoms with Crippen molar-refractivity contribution in [2.45, 2.75) is 13.0 Å². The number of nitrogen functional groups attached to an aromatic ring is 1. The zero-order valence-corrected chi connectivity index (χ0v) is 10.1. The molecule has 2 nitrogen and oxygen atoms in total. The fourth-order valence-electron chi connectivity index (χ4n) is 2.03. The molecule has 1 atom stereocenters. The number of hydrogen-bond donors (Lipinski definition) is 2. The van der Waals surface area contributed by atoms with Crippen molar-refractivity contribution < 1.29 is 0 Å². The number of rotatable bonds is 4. The van der Waals surface area contributed by atoms with Gasteiger partial charge in [-0.15, -0.1) is 0 Å². The first-order valence-corrected chi connectivity index (χ1v) is 5.95. The van der Waals surface area contributed by atoms with Crippen molar-refractivity contribution in [2.24, 2.45) is 0 Å². The molecule has 0 heterocycles. The average molecular weight is 226 g/mol. The largest absolute Gasteiger partial charge is 0.398 e. The minimum Gasteiger partial charge on any atom is -0.398 e. The van der Waals surface area contributed by atoms with E-state index in [2.05, 4.69) is 42.6 Å². The highest BCUT2D eigenvalue weighted by Crippen LogP contribution is 2.26. The van der Waals surface area contributed by atoms with E-state index in [0.29, 0.717) is 0 Å². The minimum atomic E-state index is 0.169. The van der Waals surface area contributed by atoms with Gasteiger partial charge in [0.15, 0.2) is 0 Å². The van der Waals surface area contributed by atoms with E-state index in [9.17, 15) is 0 Å². The summed E-state index contributed by atoms with van der Waals surface area (Å²) in [5.41, 5.74) is 9.27. The van der Waals surface area contributed by atoms with Crippen molar-refractivity contribution in [3.8, 4) is 0 Å². The van der Waals surface area contributed by atoms with Gasteiger partial charge in [0.1, 0.15) is 0 Å². The zero-order chi connectivity index (χ0) is 12.1. The Morgan fingerprint density at radius 1 is 1.00 bits per heavy atom. The van der Waals surface area contributed by atoms with E-state index in [-0.39, 0.29) is 6.04 Å². The molecule has 0 aliphatic rings. The first-order chi connectivity index (χ1) is 8.33. The molecule has 0 saturated heterocycles. The Hall–Kier alpha value is -1.80. The van der Waals surface area contributed by atoms with Gasteiger partial charge in [0, 0.05) is 5.69 Å². The predicted octanol–water partition coefficient (Wildman–Crippen LogP) is 2.97. The van der Waals surface area contributed by atoms with E-state index in [0.717, 1.165) is 17.8 Å². The number of hydrogen-bond acceptors (Lipinski definition) is 2. The highest BCUT2D eigenvalue weighted by Gasteiger charge is 2.14. The van der Waals surface area contributed by atoms with E-state index < -0.39 is 0 Å². The summed E-state index contributed by atoms with van der Waals surface area (Å²) in [6, 6.07) is 18.6. The molecule has 0 amide bonds. The van der Waals surface area contributed by atoms with Gasteiger partial charge < -0.3 is 11.1 Å². The van der Waals surface area contributed by atoms with Crippen molar-refractivity contribution in [3.63, 3.8) is 0 Å². The third-order valence-corrected chi connectivity index (χ3v) is 2.85. The van der Waals surface area contributed by atoms with Crippen LogP contribution in [-0.2, 0) is 0 Å². The van der Waals surface area contributed by atoms with Gasteiger partial charge in [0.2, 0.25) is 0 Å². The number of para-hydroxylation sites is 1. The Bertz CT molecular complexity index is 465. The molecule has 3 N–H and O–H groups in total. The fraction of sp³-hybridized carbons (Fsp3) is 0.200. The zero-order valence-electron chi connectivity index (χ0n) is 10.1. The Morgan fingerprint density at radius 3 is 2.29 bits per heavy atom. The molecule has 2 aromatic carbocycles. The molecule has 2 rings (SSSR count). The maximum Gasteiger partial charge on any atom is 0.0597 e. The van der Waals surface area contributed by atoms with Crippen LogP contribution in [-0.4, -0.2) is 6.54 Å². The summed E-state index contributed by atoms with van der Waals surface area (Å²) in [7, 11) is 0. The van der Waals surface area contributed by atoms with Gasteiger partial charge >= 0.3 is 0 Å². The SMILES string of the molecule is CCNC(c1ccccc1)c1ccccc1N. The van der Waals surface area contributed by atoms with Crippen molar-refractivity contribution >= 4 is 5.69 Å². The molecule has 0 spiro atoms. The molecule has 0 radical (unpaired) electrons. The molecule has 0 aromatic heterocycles. The third kappa shape index (κ3) is 2.66. The molecule has 0 aliphatic heterocycles. The minimum absolute atomic E-state index is 0.169. The quantitative estimate of drug-likeness (QED) is 0.787. The molecule has 0 fully saturated rings. The molecule has 88 valence electrons. The summed E-state index contributed by atoms with van der Waals surface area (Å²) >= 11 is 0. The Morgan fingerprint density at radius 2 is 1.65 bits per heavy atom. The van der Waals surface area contributed by atoms with Gasteiger partial charge in [-0.05, 0) is 23.7 Å². The average Bonchev–Trinajstić information content (AvgIpc) is 2.38. The Labute approximate surface area is 102 Å². The van der Waals surface area contributed by atoms with Gasteiger partial charge in [-0.3, -0.25) is 0 Å². The van der Waals surface area contributed by atoms with E-state index in [4.69, 9.17) is 5.73 Å². The second kappa shape index (κ2) is 5.51. The van der Waals surface area contributed by atoms with Gasteiger partial charge in [-0.2, -0.15) is 0 Å². The second-order valence-corrected chi connectivity index (χ2v) is 4.03. The van der Waals surface area contributed by atoms with Crippen molar-refractivity contribution in [2.75, 3.05) is 12.3 Å². The first-order valence-electron chi connectivity index (χ1n) is 5.95. The van der Waals surface area contributed by atoms with Crippen molar-refractivity contribution in [1.82, 2.24) is 5.32 Å². The first kappa shape index (κ1) is 11.7. The molecule has 0 bridgehead atoms. The summed E-state index contributed by atoms with van der Waals surface area (Å²) < 4.78 is 0. The summed E-state index contributed by atoms with van der Waals surface area (Å²) in [5.74, 6) is 0. The lowest BCUT2D eigenvalue weighted by Gasteiger charge is -2.20. The van der Waals surface area contributed by atoms with Crippen LogP contribution in [0.25, 0.3) is 0 Å². The molecule has 17 heavy (non-hydrogen) atoms. The van der Waals surface area contributed by atoms with Crippen LogP contribution in [0.2, 0.25) is 0 Å². The lowest BCUT2D eigenvalue weighted by Crippen LogP contribution is -2.22. The molecule has 2 aromatic rings. The molecule has 0 saturated carbocycles. The summed E-state index contributed by atoms with van der Waals surface area (Å²) in [5, 5.41) is 3.48. The Kier molecular flexibility index (Phi) is 3.78. The summed E-state index contributed by atoms with van der Waals surface area (Å²) in [6.45, 7) is 3.02. The number of benzene rings is 2. The number of nitrogens with two attached hydrogens (primary N) is 1. The fourth-order valence-corrected chi connectivity index (χ4v) is 2.03. The maximum atomic E-state index is 6.05. The van der Waals surface area contributed by atoms with E-state index in [1.54, 1.807) is 0 Å². The lowest BCUT2D eigenvalue weighted by molar-refractivity contribution is 0.632. The van der Waals surface area contributed by atoms with E-state index in [1.807, 2.05) is 24.3 Å². The topological polar surface area (TPSA) is 38.0 Å². The van der Waals surface area contributed by atoms with Gasteiger partial charge in [-0.1, -0.05) is 55.5 Å². The van der Waals surface area contributed by atoms with Crippen LogP contribution < -0.4 is 11.1 Å². The normalized spacial score (nSPS) is 12.3.